The van der Waals surface area contributed by atoms with Crippen LogP contribution in [0.1, 0.15) is 28.6 Å². The number of nitrogens with one attached hydrogen (secondary N) is 1. The second kappa shape index (κ2) is 7.32. The maximum atomic E-state index is 13.3. The van der Waals surface area contributed by atoms with Crippen molar-refractivity contribution in [2.75, 3.05) is 0 Å². The number of hydrogen-bond acceptors (Lipinski definition) is 2. The topological polar surface area (TPSA) is 29.1 Å². The second-order valence-corrected chi connectivity index (χ2v) is 7.21. The van der Waals surface area contributed by atoms with E-state index in [1.165, 1.54) is 29.0 Å². The van der Waals surface area contributed by atoms with Gasteiger partial charge in [-0.15, -0.1) is 11.3 Å². The van der Waals surface area contributed by atoms with E-state index in [0.29, 0.717) is 20.0 Å². The third-order valence-electron chi connectivity index (χ3n) is 3.88. The van der Waals surface area contributed by atoms with Crippen molar-refractivity contribution in [3.63, 3.8) is 0 Å². The average molecular weight is 362 g/mol. The predicted octanol–water partition coefficient (Wildman–Crippen LogP) is 5.44. The molecule has 1 amide bonds. The number of carbonyl (C=O) groups is 1. The van der Waals surface area contributed by atoms with Crippen LogP contribution in [0.3, 0.4) is 0 Å². The van der Waals surface area contributed by atoms with Gasteiger partial charge < -0.3 is 5.32 Å². The number of rotatable bonds is 5. The molecule has 1 atom stereocenters. The Morgan fingerprint density at radius 2 is 2.00 bits per heavy atom. The molecule has 0 saturated carbocycles. The van der Waals surface area contributed by atoms with Gasteiger partial charge in [0, 0.05) is 16.1 Å². The number of benzene rings is 2. The highest BCUT2D eigenvalue weighted by atomic mass is 35.5. The summed E-state index contributed by atoms with van der Waals surface area (Å²) in [5.41, 5.74) is 1.24. The third-order valence-corrected chi connectivity index (χ3v) is 5.54. The molecule has 24 heavy (non-hydrogen) atoms. The summed E-state index contributed by atoms with van der Waals surface area (Å²) >= 11 is 7.51. The van der Waals surface area contributed by atoms with Crippen LogP contribution >= 0.6 is 22.9 Å². The van der Waals surface area contributed by atoms with Gasteiger partial charge in [0.05, 0.1) is 5.02 Å². The van der Waals surface area contributed by atoms with Crippen LogP contribution in [-0.2, 0) is 6.42 Å². The highest BCUT2D eigenvalue weighted by molar-refractivity contribution is 7.21. The molecule has 5 heteroatoms. The summed E-state index contributed by atoms with van der Waals surface area (Å²) in [5.74, 6) is -0.536. The van der Waals surface area contributed by atoms with E-state index in [1.54, 1.807) is 6.07 Å². The quantitative estimate of drug-likeness (QED) is 0.643. The van der Waals surface area contributed by atoms with Crippen LogP contribution in [0.25, 0.3) is 10.1 Å². The summed E-state index contributed by atoms with van der Waals surface area (Å²) in [6.07, 6.45) is 1.74. The van der Waals surface area contributed by atoms with Gasteiger partial charge in [-0.25, -0.2) is 4.39 Å². The van der Waals surface area contributed by atoms with Crippen molar-refractivity contribution in [2.24, 2.45) is 0 Å². The molecule has 0 spiro atoms. The predicted molar refractivity (Wildman–Crippen MR) is 98.5 cm³/mol. The van der Waals surface area contributed by atoms with Gasteiger partial charge in [0.25, 0.3) is 5.91 Å². The van der Waals surface area contributed by atoms with Crippen molar-refractivity contribution in [3.05, 3.63) is 69.8 Å². The van der Waals surface area contributed by atoms with Gasteiger partial charge in [-0.2, -0.15) is 0 Å². The molecule has 124 valence electrons. The Morgan fingerprint density at radius 1 is 1.25 bits per heavy atom. The molecule has 2 aromatic carbocycles. The zero-order valence-corrected chi connectivity index (χ0v) is 14.8. The average Bonchev–Trinajstić information content (AvgIpc) is 2.90. The fourth-order valence-corrected chi connectivity index (χ4v) is 4.02. The Morgan fingerprint density at radius 3 is 2.75 bits per heavy atom. The molecule has 0 aliphatic carbocycles. The van der Waals surface area contributed by atoms with Crippen LogP contribution < -0.4 is 5.32 Å². The van der Waals surface area contributed by atoms with Crippen LogP contribution in [0.15, 0.2) is 48.5 Å². The molecular formula is C19H17ClFNOS. The van der Waals surface area contributed by atoms with E-state index < -0.39 is 0 Å². The maximum Gasteiger partial charge on any atom is 0.263 e. The van der Waals surface area contributed by atoms with Crippen molar-refractivity contribution in [2.45, 2.75) is 25.8 Å². The molecule has 1 aromatic heterocycles. The van der Waals surface area contributed by atoms with Gasteiger partial charge >= 0.3 is 0 Å². The van der Waals surface area contributed by atoms with Crippen LogP contribution in [0.4, 0.5) is 4.39 Å². The van der Waals surface area contributed by atoms with Crippen molar-refractivity contribution >= 4 is 38.9 Å². The zero-order chi connectivity index (χ0) is 17.1. The highest BCUT2D eigenvalue weighted by Gasteiger charge is 2.18. The molecule has 0 radical (unpaired) electrons. The van der Waals surface area contributed by atoms with Crippen molar-refractivity contribution in [1.29, 1.82) is 0 Å². The van der Waals surface area contributed by atoms with Crippen molar-refractivity contribution in [3.8, 4) is 0 Å². The molecule has 0 unspecified atom stereocenters. The van der Waals surface area contributed by atoms with E-state index in [0.717, 1.165) is 12.8 Å². The first-order valence-electron chi connectivity index (χ1n) is 7.77. The van der Waals surface area contributed by atoms with Gasteiger partial charge in [-0.1, -0.05) is 41.9 Å². The van der Waals surface area contributed by atoms with Gasteiger partial charge in [-0.05, 0) is 43.5 Å². The molecule has 0 bridgehead atoms. The minimum Gasteiger partial charge on any atom is -0.349 e. The lowest BCUT2D eigenvalue weighted by molar-refractivity contribution is 0.0943. The normalized spacial score (nSPS) is 12.3. The summed E-state index contributed by atoms with van der Waals surface area (Å²) < 4.78 is 14.0. The summed E-state index contributed by atoms with van der Waals surface area (Å²) in [6.45, 7) is 1.97. The minimum atomic E-state index is -0.330. The lowest BCUT2D eigenvalue weighted by Gasteiger charge is -2.13. The van der Waals surface area contributed by atoms with E-state index in [2.05, 4.69) is 17.4 Å². The zero-order valence-electron chi connectivity index (χ0n) is 13.2. The number of carbonyl (C=O) groups excluding carboxylic acids is 1. The largest absolute Gasteiger partial charge is 0.349 e. The summed E-state index contributed by atoms with van der Waals surface area (Å²) in [6, 6.07) is 14.5. The van der Waals surface area contributed by atoms with E-state index in [9.17, 15) is 9.18 Å². The van der Waals surface area contributed by atoms with Crippen LogP contribution in [0.5, 0.6) is 0 Å². The third kappa shape index (κ3) is 3.77. The first-order chi connectivity index (χ1) is 11.5. The SMILES string of the molecule is C[C@@H](CCc1ccccc1)NC(=O)c1sc2cc(F)ccc2c1Cl. The van der Waals surface area contributed by atoms with E-state index >= 15 is 0 Å². The minimum absolute atomic E-state index is 0.0238. The highest BCUT2D eigenvalue weighted by Crippen LogP contribution is 2.35. The monoisotopic (exact) mass is 361 g/mol. The molecule has 3 rings (SSSR count). The lowest BCUT2D eigenvalue weighted by atomic mass is 10.1. The van der Waals surface area contributed by atoms with Crippen LogP contribution in [0, 0.1) is 5.82 Å². The van der Waals surface area contributed by atoms with Crippen LogP contribution in [-0.4, -0.2) is 11.9 Å². The Kier molecular flexibility index (Phi) is 5.17. The molecule has 0 aliphatic rings. The molecule has 0 fully saturated rings. The van der Waals surface area contributed by atoms with Gasteiger partial charge in [0.15, 0.2) is 0 Å². The van der Waals surface area contributed by atoms with Gasteiger partial charge in [0.1, 0.15) is 10.7 Å². The maximum absolute atomic E-state index is 13.3. The number of hydrogen-bond donors (Lipinski definition) is 1. The molecule has 0 saturated heterocycles. The first-order valence-corrected chi connectivity index (χ1v) is 8.96. The Balaban J connectivity index is 1.67. The number of thiophene rings is 1. The van der Waals surface area contributed by atoms with E-state index in [1.807, 2.05) is 25.1 Å². The van der Waals surface area contributed by atoms with Crippen molar-refractivity contribution in [1.82, 2.24) is 5.32 Å². The summed E-state index contributed by atoms with van der Waals surface area (Å²) in [7, 11) is 0. The van der Waals surface area contributed by atoms with E-state index in [-0.39, 0.29) is 17.8 Å². The van der Waals surface area contributed by atoms with Crippen molar-refractivity contribution < 1.29 is 9.18 Å². The number of halogens is 2. The first kappa shape index (κ1) is 16.9. The Labute approximate surface area is 149 Å². The van der Waals surface area contributed by atoms with Gasteiger partial charge in [0.2, 0.25) is 0 Å². The fraction of sp³-hybridized carbons (Fsp3) is 0.211. The molecule has 0 aliphatic heterocycles. The Hall–Kier alpha value is -1.91. The van der Waals surface area contributed by atoms with Crippen LogP contribution in [0.2, 0.25) is 5.02 Å². The number of aryl methyl sites for hydroxylation is 1. The standard InChI is InChI=1S/C19H17ClFNOS/c1-12(7-8-13-5-3-2-4-6-13)22-19(23)18-17(20)15-10-9-14(21)11-16(15)24-18/h2-6,9-12H,7-8H2,1H3,(H,22,23)/t12-/m0/s1. The molecule has 1 N–H and O–H groups in total. The molecule has 2 nitrogen and oxygen atoms in total. The smallest absolute Gasteiger partial charge is 0.263 e. The number of amides is 1. The molecular weight excluding hydrogens is 345 g/mol. The Bertz CT molecular complexity index is 862. The van der Waals surface area contributed by atoms with E-state index in [4.69, 9.17) is 11.6 Å². The van der Waals surface area contributed by atoms with Gasteiger partial charge in [-0.3, -0.25) is 4.79 Å². The summed E-state index contributed by atoms with van der Waals surface area (Å²) in [4.78, 5) is 12.9. The second-order valence-electron chi connectivity index (χ2n) is 5.78. The molecule has 1 heterocycles. The number of fused-ring (bicyclic) bond motifs is 1. The fourth-order valence-electron chi connectivity index (χ4n) is 2.57. The molecule has 3 aromatic rings. The lowest BCUT2D eigenvalue weighted by Crippen LogP contribution is -2.32. The summed E-state index contributed by atoms with van der Waals surface area (Å²) in [5, 5.41) is 4.08.